The maximum atomic E-state index is 6.21. The van der Waals surface area contributed by atoms with Crippen LogP contribution in [0.25, 0.3) is 0 Å². The summed E-state index contributed by atoms with van der Waals surface area (Å²) in [5.74, 6) is 0. The second-order valence-electron chi connectivity index (χ2n) is 3.88. The van der Waals surface area contributed by atoms with E-state index in [1.807, 2.05) is 6.07 Å². The third-order valence-electron chi connectivity index (χ3n) is 2.74. The highest BCUT2D eigenvalue weighted by Crippen LogP contribution is 2.30. The lowest BCUT2D eigenvalue weighted by Gasteiger charge is -2.22. The van der Waals surface area contributed by atoms with Gasteiger partial charge in [0, 0.05) is 5.54 Å². The molecule has 0 saturated heterocycles. The molecule has 1 heterocycles. The molecule has 0 aliphatic heterocycles. The van der Waals surface area contributed by atoms with E-state index < -0.39 is 0 Å². The van der Waals surface area contributed by atoms with Crippen LogP contribution in [-0.2, 0) is 6.42 Å². The standard InChI is InChI=1S/C10H15NO/c11-10(4-1-2-5-10)7-9-3-6-12-8-9/h3,6,8H,1-2,4-5,7,11H2. The molecule has 0 atom stereocenters. The van der Waals surface area contributed by atoms with E-state index in [1.165, 1.54) is 18.4 Å². The summed E-state index contributed by atoms with van der Waals surface area (Å²) in [6.07, 6.45) is 9.39. The number of hydrogen-bond donors (Lipinski definition) is 1. The van der Waals surface area contributed by atoms with Gasteiger partial charge in [0.25, 0.3) is 0 Å². The first-order chi connectivity index (χ1) is 5.79. The van der Waals surface area contributed by atoms with Gasteiger partial charge in [-0.05, 0) is 30.9 Å². The van der Waals surface area contributed by atoms with Crippen molar-refractivity contribution < 1.29 is 4.42 Å². The third kappa shape index (κ3) is 1.53. The number of rotatable bonds is 2. The molecule has 1 aliphatic rings. The molecule has 66 valence electrons. The van der Waals surface area contributed by atoms with Gasteiger partial charge in [0.2, 0.25) is 0 Å². The van der Waals surface area contributed by atoms with Crippen LogP contribution < -0.4 is 5.73 Å². The molecule has 0 spiro atoms. The van der Waals surface area contributed by atoms with E-state index >= 15 is 0 Å². The van der Waals surface area contributed by atoms with Crippen LogP contribution in [0.3, 0.4) is 0 Å². The first kappa shape index (κ1) is 7.87. The monoisotopic (exact) mass is 165 g/mol. The average molecular weight is 165 g/mol. The second kappa shape index (κ2) is 2.94. The number of hydrogen-bond acceptors (Lipinski definition) is 2. The summed E-state index contributed by atoms with van der Waals surface area (Å²) in [7, 11) is 0. The molecule has 0 unspecified atom stereocenters. The molecular weight excluding hydrogens is 150 g/mol. The van der Waals surface area contributed by atoms with E-state index in [9.17, 15) is 0 Å². The smallest absolute Gasteiger partial charge is 0.0935 e. The summed E-state index contributed by atoms with van der Waals surface area (Å²) in [5, 5.41) is 0. The van der Waals surface area contributed by atoms with E-state index in [2.05, 4.69) is 0 Å². The van der Waals surface area contributed by atoms with Crippen LogP contribution in [0.15, 0.2) is 23.0 Å². The Morgan fingerprint density at radius 3 is 2.75 bits per heavy atom. The summed E-state index contributed by atoms with van der Waals surface area (Å²) in [5.41, 5.74) is 7.50. The minimum absolute atomic E-state index is 0.0594. The van der Waals surface area contributed by atoms with E-state index in [0.29, 0.717) is 0 Å². The Morgan fingerprint density at radius 1 is 1.42 bits per heavy atom. The Bertz CT molecular complexity index is 234. The van der Waals surface area contributed by atoms with Crippen LogP contribution in [-0.4, -0.2) is 5.54 Å². The predicted octanol–water partition coefficient (Wildman–Crippen LogP) is 2.09. The summed E-state index contributed by atoms with van der Waals surface area (Å²) < 4.78 is 5.01. The molecule has 1 fully saturated rings. The van der Waals surface area contributed by atoms with Crippen molar-refractivity contribution in [1.82, 2.24) is 0 Å². The van der Waals surface area contributed by atoms with Crippen molar-refractivity contribution in [3.63, 3.8) is 0 Å². The molecule has 12 heavy (non-hydrogen) atoms. The molecule has 0 bridgehead atoms. The minimum Gasteiger partial charge on any atom is -0.472 e. The Labute approximate surface area is 72.7 Å². The molecule has 1 saturated carbocycles. The maximum absolute atomic E-state index is 6.21. The summed E-state index contributed by atoms with van der Waals surface area (Å²) in [4.78, 5) is 0. The summed E-state index contributed by atoms with van der Waals surface area (Å²) in [6, 6.07) is 2.01. The molecule has 0 amide bonds. The molecule has 2 heteroatoms. The molecule has 1 aliphatic carbocycles. The van der Waals surface area contributed by atoms with Gasteiger partial charge in [-0.25, -0.2) is 0 Å². The molecular formula is C10H15NO. The maximum Gasteiger partial charge on any atom is 0.0935 e. The molecule has 2 rings (SSSR count). The fourth-order valence-electron chi connectivity index (χ4n) is 2.06. The van der Waals surface area contributed by atoms with Crippen molar-refractivity contribution in [3.05, 3.63) is 24.2 Å². The lowest BCUT2D eigenvalue weighted by Crippen LogP contribution is -2.38. The van der Waals surface area contributed by atoms with Gasteiger partial charge in [-0.15, -0.1) is 0 Å². The van der Waals surface area contributed by atoms with Crippen molar-refractivity contribution in [2.45, 2.75) is 37.6 Å². The highest BCUT2D eigenvalue weighted by molar-refractivity contribution is 5.11. The molecule has 1 aromatic rings. The van der Waals surface area contributed by atoms with Crippen molar-refractivity contribution in [2.24, 2.45) is 5.73 Å². The van der Waals surface area contributed by atoms with E-state index in [0.717, 1.165) is 19.3 Å². The summed E-state index contributed by atoms with van der Waals surface area (Å²) >= 11 is 0. The van der Waals surface area contributed by atoms with Crippen molar-refractivity contribution in [1.29, 1.82) is 0 Å². The highest BCUT2D eigenvalue weighted by atomic mass is 16.3. The van der Waals surface area contributed by atoms with Crippen LogP contribution in [0, 0.1) is 0 Å². The van der Waals surface area contributed by atoms with Gasteiger partial charge in [0.1, 0.15) is 0 Å². The zero-order valence-electron chi connectivity index (χ0n) is 7.25. The molecule has 2 N–H and O–H groups in total. The first-order valence-corrected chi connectivity index (χ1v) is 4.58. The minimum atomic E-state index is 0.0594. The largest absolute Gasteiger partial charge is 0.472 e. The highest BCUT2D eigenvalue weighted by Gasteiger charge is 2.29. The lowest BCUT2D eigenvalue weighted by molar-refractivity contribution is 0.433. The van der Waals surface area contributed by atoms with Crippen molar-refractivity contribution in [2.75, 3.05) is 0 Å². The Morgan fingerprint density at radius 2 is 2.17 bits per heavy atom. The zero-order chi connectivity index (χ0) is 8.44. The van der Waals surface area contributed by atoms with Crippen LogP contribution >= 0.6 is 0 Å². The van der Waals surface area contributed by atoms with Crippen molar-refractivity contribution in [3.8, 4) is 0 Å². The Balaban J connectivity index is 2.02. The summed E-state index contributed by atoms with van der Waals surface area (Å²) in [6.45, 7) is 0. The third-order valence-corrected chi connectivity index (χ3v) is 2.74. The van der Waals surface area contributed by atoms with Crippen LogP contribution in [0.4, 0.5) is 0 Å². The second-order valence-corrected chi connectivity index (χ2v) is 3.88. The Hall–Kier alpha value is -0.760. The van der Waals surface area contributed by atoms with Gasteiger partial charge < -0.3 is 10.2 Å². The number of furan rings is 1. The SMILES string of the molecule is NC1(Cc2ccoc2)CCCC1. The first-order valence-electron chi connectivity index (χ1n) is 4.58. The van der Waals surface area contributed by atoms with Crippen LogP contribution in [0.5, 0.6) is 0 Å². The molecule has 0 aromatic carbocycles. The van der Waals surface area contributed by atoms with E-state index in [-0.39, 0.29) is 5.54 Å². The van der Waals surface area contributed by atoms with Gasteiger partial charge in [-0.1, -0.05) is 12.8 Å². The van der Waals surface area contributed by atoms with Crippen LogP contribution in [0.1, 0.15) is 31.2 Å². The lowest BCUT2D eigenvalue weighted by atomic mass is 9.92. The van der Waals surface area contributed by atoms with Gasteiger partial charge in [0.15, 0.2) is 0 Å². The molecule has 0 radical (unpaired) electrons. The molecule has 1 aromatic heterocycles. The van der Waals surface area contributed by atoms with Gasteiger partial charge in [-0.3, -0.25) is 0 Å². The quantitative estimate of drug-likeness (QED) is 0.728. The normalized spacial score (nSPS) is 21.4. The zero-order valence-corrected chi connectivity index (χ0v) is 7.25. The fourth-order valence-corrected chi connectivity index (χ4v) is 2.06. The fraction of sp³-hybridized carbons (Fsp3) is 0.600. The van der Waals surface area contributed by atoms with Crippen molar-refractivity contribution >= 4 is 0 Å². The predicted molar refractivity (Wildman–Crippen MR) is 47.8 cm³/mol. The average Bonchev–Trinajstić information content (AvgIpc) is 2.62. The topological polar surface area (TPSA) is 39.2 Å². The van der Waals surface area contributed by atoms with E-state index in [1.54, 1.807) is 12.5 Å². The Kier molecular flexibility index (Phi) is 1.93. The van der Waals surface area contributed by atoms with Gasteiger partial charge in [0.05, 0.1) is 12.5 Å². The van der Waals surface area contributed by atoms with Crippen LogP contribution in [0.2, 0.25) is 0 Å². The van der Waals surface area contributed by atoms with E-state index in [4.69, 9.17) is 10.2 Å². The molecule has 2 nitrogen and oxygen atoms in total. The van der Waals surface area contributed by atoms with Gasteiger partial charge >= 0.3 is 0 Å². The van der Waals surface area contributed by atoms with Gasteiger partial charge in [-0.2, -0.15) is 0 Å². The number of nitrogens with two attached hydrogens (primary N) is 1.